The fourth-order valence-corrected chi connectivity index (χ4v) is 1.48. The first-order chi connectivity index (χ1) is 4.27. The van der Waals surface area contributed by atoms with E-state index in [0.717, 1.165) is 6.42 Å². The molecule has 1 radical (unpaired) electrons. The molecule has 0 aromatic carbocycles. The van der Waals surface area contributed by atoms with E-state index in [1.165, 1.54) is 0 Å². The van der Waals surface area contributed by atoms with Crippen LogP contribution in [0.1, 0.15) is 34.1 Å². The lowest BCUT2D eigenvalue weighted by atomic mass is 9.84. The minimum atomic E-state index is -0.0735. The highest BCUT2D eigenvalue weighted by Gasteiger charge is 2.24. The minimum absolute atomic E-state index is 0.0503. The largest absolute Gasteiger partial charge is 0.120 e. The van der Waals surface area contributed by atoms with Gasteiger partial charge in [0, 0.05) is 10.2 Å². The predicted molar refractivity (Wildman–Crippen MR) is 48.9 cm³/mol. The first-order valence-electron chi connectivity index (χ1n) is 3.45. The summed E-state index contributed by atoms with van der Waals surface area (Å²) in [4.78, 5) is 0. The van der Waals surface area contributed by atoms with Gasteiger partial charge in [-0.15, -0.1) is 12.3 Å². The zero-order valence-electron chi connectivity index (χ0n) is 7.19. The van der Waals surface area contributed by atoms with Crippen LogP contribution < -0.4 is 0 Å². The molecule has 0 spiro atoms. The van der Waals surface area contributed by atoms with Crippen molar-refractivity contribution in [2.75, 3.05) is 0 Å². The smallest absolute Gasteiger partial charge is 0.0269 e. The van der Waals surface area contributed by atoms with Crippen LogP contribution in [0.3, 0.4) is 0 Å². The maximum absolute atomic E-state index is 5.32. The average molecular weight is 155 g/mol. The van der Waals surface area contributed by atoms with Crippen molar-refractivity contribution in [1.82, 2.24) is 0 Å². The molecule has 0 aromatic heterocycles. The first kappa shape index (κ1) is 9.91. The topological polar surface area (TPSA) is 0 Å². The molecule has 0 saturated heterocycles. The van der Waals surface area contributed by atoms with Crippen molar-refractivity contribution in [2.45, 2.75) is 38.9 Å². The maximum atomic E-state index is 5.32. The Bertz CT molecular complexity index is 143. The quantitative estimate of drug-likeness (QED) is 0.538. The van der Waals surface area contributed by atoms with Gasteiger partial charge in [0.15, 0.2) is 0 Å². The molecule has 0 aliphatic heterocycles. The molecule has 1 heteroatoms. The zero-order valence-corrected chi connectivity index (χ0v) is 8.01. The molecule has 0 N–H and O–H groups in total. The molecule has 0 atom stereocenters. The predicted octanol–water partition coefficient (Wildman–Crippen LogP) is 3.01. The number of hydrogen-bond acceptors (Lipinski definition) is 0. The molecule has 0 aromatic rings. The lowest BCUT2D eigenvalue weighted by Crippen LogP contribution is -2.21. The van der Waals surface area contributed by atoms with E-state index < -0.39 is 0 Å². The highest BCUT2D eigenvalue weighted by Crippen LogP contribution is 2.30. The van der Waals surface area contributed by atoms with E-state index in [9.17, 15) is 0 Å². The molecule has 0 heterocycles. The highest BCUT2D eigenvalue weighted by molar-refractivity contribution is 7.81. The highest BCUT2D eigenvalue weighted by atomic mass is 32.1. The van der Waals surface area contributed by atoms with Gasteiger partial charge in [0.05, 0.1) is 0 Å². The van der Waals surface area contributed by atoms with Gasteiger partial charge in [-0.05, 0) is 34.1 Å². The Labute approximate surface area is 69.8 Å². The van der Waals surface area contributed by atoms with Crippen LogP contribution >= 0.6 is 12.6 Å². The second-order valence-electron chi connectivity index (χ2n) is 3.96. The molecule has 0 unspecified atom stereocenters. The summed E-state index contributed by atoms with van der Waals surface area (Å²) in [5.74, 6) is 2.73. The summed E-state index contributed by atoms with van der Waals surface area (Å²) in [6.07, 6.45) is 6.21. The molecule has 0 nitrogen and oxygen atoms in total. The van der Waals surface area contributed by atoms with Crippen LogP contribution in [0.2, 0.25) is 0 Å². The van der Waals surface area contributed by atoms with Gasteiger partial charge < -0.3 is 0 Å². The molecule has 0 fully saturated rings. The Morgan fingerprint density at radius 2 is 1.70 bits per heavy atom. The summed E-state index contributed by atoms with van der Waals surface area (Å²) in [6, 6.07) is 0. The Hall–Kier alpha value is -0.0900. The van der Waals surface area contributed by atoms with Crippen LogP contribution in [0, 0.1) is 17.8 Å². The van der Waals surface area contributed by atoms with Gasteiger partial charge in [0.2, 0.25) is 0 Å². The summed E-state index contributed by atoms with van der Waals surface area (Å²) in [6.45, 7) is 8.14. The Balaban J connectivity index is 4.05. The number of rotatable bonds is 2. The monoisotopic (exact) mass is 155 g/mol. The van der Waals surface area contributed by atoms with Gasteiger partial charge in [-0.2, -0.15) is 0 Å². The molecular formula is C9H15S. The van der Waals surface area contributed by atoms with Crippen LogP contribution in [-0.2, 0) is 0 Å². The standard InChI is InChI=1S/C9H15S/c1-6-8(2,3)7-9(4,5)10/h1H,7H2,2-5H3. The van der Waals surface area contributed by atoms with Gasteiger partial charge in [0.25, 0.3) is 0 Å². The van der Waals surface area contributed by atoms with Crippen molar-refractivity contribution in [2.24, 2.45) is 5.41 Å². The van der Waals surface area contributed by atoms with Crippen LogP contribution in [0.25, 0.3) is 0 Å². The van der Waals surface area contributed by atoms with Crippen LogP contribution in [-0.4, -0.2) is 4.75 Å². The normalized spacial score (nSPS) is 12.8. The Kier molecular flexibility index (Phi) is 2.86. The van der Waals surface area contributed by atoms with E-state index in [4.69, 9.17) is 19.1 Å². The molecule has 0 saturated carbocycles. The van der Waals surface area contributed by atoms with Gasteiger partial charge in [-0.3, -0.25) is 0 Å². The minimum Gasteiger partial charge on any atom is -0.120 e. The third-order valence-corrected chi connectivity index (χ3v) is 1.40. The first-order valence-corrected chi connectivity index (χ1v) is 3.86. The third kappa shape index (κ3) is 4.76. The summed E-state index contributed by atoms with van der Waals surface area (Å²) in [7, 11) is 0. The van der Waals surface area contributed by atoms with Crippen LogP contribution in [0.4, 0.5) is 0 Å². The number of terminal acetylenes is 1. The second-order valence-corrected chi connectivity index (χ2v) is 5.07. The Morgan fingerprint density at radius 1 is 1.30 bits per heavy atom. The fourth-order valence-electron chi connectivity index (χ4n) is 1.12. The van der Waals surface area contributed by atoms with Crippen LogP contribution in [0.15, 0.2) is 0 Å². The van der Waals surface area contributed by atoms with E-state index in [1.54, 1.807) is 0 Å². The van der Waals surface area contributed by atoms with Crippen LogP contribution in [0.5, 0.6) is 0 Å². The van der Waals surface area contributed by atoms with Crippen molar-refractivity contribution in [1.29, 1.82) is 0 Å². The molecule has 0 aliphatic rings. The SMILES string of the molecule is C#CC(C)(C)CC(C)(C)[S]. The van der Waals surface area contributed by atoms with Gasteiger partial charge in [-0.25, -0.2) is 0 Å². The van der Waals surface area contributed by atoms with Crippen molar-refractivity contribution in [3.63, 3.8) is 0 Å². The van der Waals surface area contributed by atoms with Gasteiger partial charge in [-0.1, -0.05) is 12.6 Å². The van der Waals surface area contributed by atoms with E-state index in [-0.39, 0.29) is 10.2 Å². The molecule has 10 heavy (non-hydrogen) atoms. The van der Waals surface area contributed by atoms with Gasteiger partial charge in [0.1, 0.15) is 0 Å². The molecule has 0 aliphatic carbocycles. The van der Waals surface area contributed by atoms with Crippen molar-refractivity contribution in [3.05, 3.63) is 0 Å². The van der Waals surface area contributed by atoms with Crippen molar-refractivity contribution >= 4 is 12.6 Å². The fraction of sp³-hybridized carbons (Fsp3) is 0.778. The maximum Gasteiger partial charge on any atom is 0.0269 e. The molecule has 0 bridgehead atoms. The molecule has 57 valence electrons. The van der Waals surface area contributed by atoms with E-state index in [1.807, 2.05) is 27.7 Å². The van der Waals surface area contributed by atoms with Gasteiger partial charge >= 0.3 is 0 Å². The van der Waals surface area contributed by atoms with E-state index >= 15 is 0 Å². The molecular weight excluding hydrogens is 140 g/mol. The van der Waals surface area contributed by atoms with E-state index in [0.29, 0.717) is 0 Å². The molecule has 0 amide bonds. The average Bonchev–Trinajstić information content (AvgIpc) is 1.60. The molecule has 0 rings (SSSR count). The Morgan fingerprint density at radius 3 is 1.80 bits per heavy atom. The van der Waals surface area contributed by atoms with Crippen molar-refractivity contribution < 1.29 is 0 Å². The lowest BCUT2D eigenvalue weighted by Gasteiger charge is -2.26. The van der Waals surface area contributed by atoms with Crippen molar-refractivity contribution in [3.8, 4) is 12.3 Å². The third-order valence-electron chi connectivity index (χ3n) is 1.26. The zero-order chi connectivity index (χ0) is 8.41. The summed E-state index contributed by atoms with van der Waals surface area (Å²) in [5.41, 5.74) is -0.0503. The number of hydrogen-bond donors (Lipinski definition) is 0. The summed E-state index contributed by atoms with van der Waals surface area (Å²) >= 11 is 5.20. The second kappa shape index (κ2) is 2.88. The summed E-state index contributed by atoms with van der Waals surface area (Å²) in [5, 5.41) is 0. The summed E-state index contributed by atoms with van der Waals surface area (Å²) < 4.78 is -0.0735. The lowest BCUT2D eigenvalue weighted by molar-refractivity contribution is 0.408. The van der Waals surface area contributed by atoms with E-state index in [2.05, 4.69) is 5.92 Å².